The van der Waals surface area contributed by atoms with Crippen molar-refractivity contribution in [3.05, 3.63) is 58.1 Å². The van der Waals surface area contributed by atoms with Crippen molar-refractivity contribution in [3.8, 4) is 0 Å². The van der Waals surface area contributed by atoms with Crippen LogP contribution in [-0.2, 0) is 38.1 Å². The van der Waals surface area contributed by atoms with Crippen LogP contribution < -0.4 is 11.1 Å². The van der Waals surface area contributed by atoms with E-state index in [1.54, 1.807) is 9.80 Å². The first kappa shape index (κ1) is 45.3. The summed E-state index contributed by atoms with van der Waals surface area (Å²) in [5.74, 6) is 0.224. The summed E-state index contributed by atoms with van der Waals surface area (Å²) in [6, 6.07) is 9.52. The van der Waals surface area contributed by atoms with E-state index in [0.717, 1.165) is 69.1 Å². The highest BCUT2D eigenvalue weighted by molar-refractivity contribution is 6.33. The van der Waals surface area contributed by atoms with E-state index in [2.05, 4.69) is 15.1 Å². The molecule has 6 rings (SSSR count). The molecule has 2 aromatic rings. The maximum Gasteiger partial charge on any atom is 0.418 e. The number of ether oxygens (including phenoxy) is 2. The lowest BCUT2D eigenvalue weighted by atomic mass is 9.78. The minimum absolute atomic E-state index is 0.0683. The Balaban J connectivity index is 1.03. The lowest BCUT2D eigenvalue weighted by Gasteiger charge is -2.41. The smallest absolute Gasteiger partial charge is 0.418 e. The first-order valence-electron chi connectivity index (χ1n) is 21.2. The van der Waals surface area contributed by atoms with Crippen molar-refractivity contribution in [2.45, 2.75) is 82.5 Å². The number of nitrogen functional groups attached to an aromatic ring is 1. The SMILES string of the molecule is CN(C)CCCOC(=O)CCN1CCC(C2CCN(C(=O)[C@@H](Cc3cc(Cl)c(N)c(C(F)(F)F)c3)OC(=O)N3CCC(N4CCc5ccccc5NC4=O)CC3)CC2)CC1. The van der Waals surface area contributed by atoms with Gasteiger partial charge >= 0.3 is 24.3 Å². The second-order valence-electron chi connectivity index (χ2n) is 16.8. The summed E-state index contributed by atoms with van der Waals surface area (Å²) in [5.41, 5.74) is 5.87. The second kappa shape index (κ2) is 20.5. The molecular formula is C43H59ClF3N7O6. The van der Waals surface area contributed by atoms with Gasteiger partial charge in [-0.2, -0.15) is 13.2 Å². The van der Waals surface area contributed by atoms with Crippen LogP contribution in [-0.4, -0.2) is 140 Å². The van der Waals surface area contributed by atoms with Gasteiger partial charge in [0.05, 0.1) is 29.3 Å². The number of carbonyl (C=O) groups excluding carboxylic acids is 4. The Labute approximate surface area is 355 Å². The molecule has 330 valence electrons. The zero-order valence-electron chi connectivity index (χ0n) is 34.7. The van der Waals surface area contributed by atoms with Crippen LogP contribution in [0.15, 0.2) is 36.4 Å². The largest absolute Gasteiger partial charge is 0.466 e. The third-order valence-electron chi connectivity index (χ3n) is 12.5. The average molecular weight is 862 g/mol. The highest BCUT2D eigenvalue weighted by Crippen LogP contribution is 2.39. The fourth-order valence-electron chi connectivity index (χ4n) is 9.05. The topological polar surface area (TPSA) is 141 Å². The Morgan fingerprint density at radius 3 is 2.25 bits per heavy atom. The number of hydrogen-bond donors (Lipinski definition) is 2. The number of nitrogens with one attached hydrogen (secondary N) is 1. The molecule has 13 nitrogen and oxygen atoms in total. The Bertz CT molecular complexity index is 1810. The number of piperidine rings is 3. The predicted octanol–water partition coefficient (Wildman–Crippen LogP) is 6.38. The van der Waals surface area contributed by atoms with E-state index in [1.165, 1.54) is 11.0 Å². The monoisotopic (exact) mass is 861 g/mol. The molecule has 0 bridgehead atoms. The van der Waals surface area contributed by atoms with Crippen LogP contribution in [0.3, 0.4) is 0 Å². The average Bonchev–Trinajstić information content (AvgIpc) is 3.40. The molecule has 60 heavy (non-hydrogen) atoms. The van der Waals surface area contributed by atoms with Gasteiger partial charge in [-0.3, -0.25) is 9.59 Å². The Kier molecular flexibility index (Phi) is 15.5. The number of urea groups is 1. The molecule has 2 aromatic carbocycles. The number of amides is 4. The van der Waals surface area contributed by atoms with Gasteiger partial charge in [0.15, 0.2) is 6.10 Å². The van der Waals surface area contributed by atoms with E-state index in [0.29, 0.717) is 70.3 Å². The number of carbonyl (C=O) groups is 4. The number of nitrogens with zero attached hydrogens (tertiary/aromatic N) is 5. The van der Waals surface area contributed by atoms with E-state index in [4.69, 9.17) is 26.8 Å². The number of benzene rings is 2. The molecule has 0 spiro atoms. The van der Waals surface area contributed by atoms with E-state index >= 15 is 0 Å². The summed E-state index contributed by atoms with van der Waals surface area (Å²) in [6.07, 6.45) is -0.897. The second-order valence-corrected chi connectivity index (χ2v) is 17.2. The third kappa shape index (κ3) is 12.0. The van der Waals surface area contributed by atoms with Crippen molar-refractivity contribution in [3.63, 3.8) is 0 Å². The zero-order valence-corrected chi connectivity index (χ0v) is 35.4. The highest BCUT2D eigenvalue weighted by Gasteiger charge is 2.39. The van der Waals surface area contributed by atoms with Crippen LogP contribution in [0, 0.1) is 11.8 Å². The van der Waals surface area contributed by atoms with Gasteiger partial charge in [-0.05, 0) is 120 Å². The number of esters is 1. The molecule has 4 amide bonds. The molecule has 4 heterocycles. The number of fused-ring (bicyclic) bond motifs is 1. The summed E-state index contributed by atoms with van der Waals surface area (Å²) in [4.78, 5) is 62.6. The number of likely N-dealkylation sites (tertiary alicyclic amines) is 3. The van der Waals surface area contributed by atoms with Gasteiger partial charge in [0.25, 0.3) is 5.91 Å². The molecule has 3 fully saturated rings. The van der Waals surface area contributed by atoms with Crippen molar-refractivity contribution >= 4 is 47.0 Å². The van der Waals surface area contributed by atoms with Crippen molar-refractivity contribution in [1.29, 1.82) is 0 Å². The summed E-state index contributed by atoms with van der Waals surface area (Å²) in [5, 5.41) is 2.69. The van der Waals surface area contributed by atoms with Gasteiger partial charge in [0.2, 0.25) is 0 Å². The number of nitrogens with two attached hydrogens (primary N) is 1. The molecule has 0 radical (unpaired) electrons. The zero-order chi connectivity index (χ0) is 43.0. The lowest BCUT2D eigenvalue weighted by Crippen LogP contribution is -2.52. The Morgan fingerprint density at radius 2 is 1.58 bits per heavy atom. The molecule has 1 atom stereocenters. The van der Waals surface area contributed by atoms with Crippen molar-refractivity contribution < 1.29 is 41.8 Å². The summed E-state index contributed by atoms with van der Waals surface area (Å²) >= 11 is 6.16. The highest BCUT2D eigenvalue weighted by atomic mass is 35.5. The van der Waals surface area contributed by atoms with Crippen molar-refractivity contribution in [2.75, 3.05) is 90.7 Å². The fraction of sp³-hybridized carbons (Fsp3) is 0.628. The predicted molar refractivity (Wildman–Crippen MR) is 223 cm³/mol. The minimum Gasteiger partial charge on any atom is -0.466 e. The Hall–Kier alpha value is -4.28. The molecule has 4 aliphatic heterocycles. The molecule has 3 N–H and O–H groups in total. The molecule has 3 saturated heterocycles. The number of hydrogen-bond acceptors (Lipinski definition) is 9. The molecular weight excluding hydrogens is 803 g/mol. The van der Waals surface area contributed by atoms with E-state index in [1.807, 2.05) is 38.4 Å². The van der Waals surface area contributed by atoms with Crippen LogP contribution in [0.2, 0.25) is 5.02 Å². The first-order chi connectivity index (χ1) is 28.7. The van der Waals surface area contributed by atoms with E-state index in [9.17, 15) is 32.3 Å². The molecule has 17 heteroatoms. The van der Waals surface area contributed by atoms with E-state index < -0.39 is 35.5 Å². The van der Waals surface area contributed by atoms with Crippen LogP contribution in [0.5, 0.6) is 0 Å². The normalized spacial score (nSPS) is 19.4. The van der Waals surface area contributed by atoms with Gasteiger partial charge in [-0.25, -0.2) is 9.59 Å². The maximum absolute atomic E-state index is 14.2. The standard InChI is InChI=1S/C43H59ClF3N7O6/c1-50(2)16-5-25-59-38(55)15-19-51-17-8-30(9-18-51)31-10-20-52(21-11-31)40(56)37(28-29-26-34(43(45,46)47)39(48)35(44)27-29)60-42(58)53-22-13-33(14-23-53)54-24-12-32-6-3-4-7-36(32)49-41(54)57/h3-4,6-7,26-27,30-31,33,37H,5,8-25,28,48H2,1-2H3,(H,49,57)/t37-/m1/s1. The summed E-state index contributed by atoms with van der Waals surface area (Å²) < 4.78 is 53.1. The van der Waals surface area contributed by atoms with Crippen molar-refractivity contribution in [2.24, 2.45) is 11.8 Å². The van der Waals surface area contributed by atoms with Crippen molar-refractivity contribution in [1.82, 2.24) is 24.5 Å². The van der Waals surface area contributed by atoms with Crippen LogP contribution >= 0.6 is 11.6 Å². The van der Waals surface area contributed by atoms with Gasteiger partial charge < -0.3 is 45.0 Å². The number of halogens is 4. The summed E-state index contributed by atoms with van der Waals surface area (Å²) in [6.45, 7) is 5.68. The van der Waals surface area contributed by atoms with Crippen LogP contribution in [0.25, 0.3) is 0 Å². The van der Waals surface area contributed by atoms with Gasteiger partial charge in [0.1, 0.15) is 0 Å². The number of alkyl halides is 3. The lowest BCUT2D eigenvalue weighted by molar-refractivity contribution is -0.144. The third-order valence-corrected chi connectivity index (χ3v) is 12.8. The molecule has 0 saturated carbocycles. The number of rotatable bonds is 13. The molecule has 0 aromatic heterocycles. The quantitative estimate of drug-likeness (QED) is 0.133. The summed E-state index contributed by atoms with van der Waals surface area (Å²) in [7, 11) is 3.97. The van der Waals surface area contributed by atoms with Crippen LogP contribution in [0.4, 0.5) is 34.1 Å². The first-order valence-corrected chi connectivity index (χ1v) is 21.6. The fourth-order valence-corrected chi connectivity index (χ4v) is 9.29. The maximum atomic E-state index is 14.2. The molecule has 0 unspecified atom stereocenters. The number of para-hydroxylation sites is 1. The van der Waals surface area contributed by atoms with E-state index in [-0.39, 0.29) is 48.1 Å². The van der Waals surface area contributed by atoms with Crippen LogP contribution in [0.1, 0.15) is 68.1 Å². The minimum atomic E-state index is -4.78. The molecule has 0 aliphatic carbocycles. The van der Waals surface area contributed by atoms with Gasteiger partial charge in [-0.1, -0.05) is 29.8 Å². The van der Waals surface area contributed by atoms with Gasteiger partial charge in [0, 0.05) is 64.0 Å². The number of anilines is 2. The Morgan fingerprint density at radius 1 is 0.933 bits per heavy atom. The molecule has 4 aliphatic rings. The van der Waals surface area contributed by atoms with Gasteiger partial charge in [-0.15, -0.1) is 0 Å².